The zero-order valence-electron chi connectivity index (χ0n) is 12.5. The highest BCUT2D eigenvalue weighted by atomic mass is 16.1. The van der Waals surface area contributed by atoms with Crippen molar-refractivity contribution in [3.63, 3.8) is 0 Å². The molecule has 0 aliphatic carbocycles. The van der Waals surface area contributed by atoms with E-state index < -0.39 is 0 Å². The third-order valence-electron chi connectivity index (χ3n) is 3.45. The van der Waals surface area contributed by atoms with Crippen LogP contribution < -0.4 is 11.1 Å². The van der Waals surface area contributed by atoms with E-state index in [0.717, 1.165) is 12.8 Å². The van der Waals surface area contributed by atoms with Gasteiger partial charge in [-0.2, -0.15) is 0 Å². The Hall–Kier alpha value is -1.35. The number of hydrogen-bond donors (Lipinski definition) is 2. The Labute approximate surface area is 116 Å². The van der Waals surface area contributed by atoms with Gasteiger partial charge in [0.05, 0.1) is 5.92 Å². The zero-order valence-corrected chi connectivity index (χ0v) is 12.5. The first-order valence-electron chi connectivity index (χ1n) is 7.06. The highest BCUT2D eigenvalue weighted by Crippen LogP contribution is 2.29. The molecule has 1 aromatic rings. The predicted octanol–water partition coefficient (Wildman–Crippen LogP) is 2.57. The fraction of sp³-hybridized carbons (Fsp3) is 0.562. The van der Waals surface area contributed by atoms with E-state index >= 15 is 0 Å². The van der Waals surface area contributed by atoms with Crippen molar-refractivity contribution in [3.05, 3.63) is 34.4 Å². The van der Waals surface area contributed by atoms with Crippen LogP contribution in [0.1, 0.15) is 47.9 Å². The van der Waals surface area contributed by atoms with E-state index in [9.17, 15) is 4.79 Å². The SMILES string of the molecule is CCNC(=O)C(CCCN)c1c(C)cc(C)cc1C. The molecule has 0 aromatic heterocycles. The minimum absolute atomic E-state index is 0.0795. The zero-order chi connectivity index (χ0) is 14.4. The molecule has 19 heavy (non-hydrogen) atoms. The van der Waals surface area contributed by atoms with E-state index in [1.807, 2.05) is 6.92 Å². The molecule has 0 heterocycles. The molecule has 0 aliphatic rings. The average Bonchev–Trinajstić information content (AvgIpc) is 2.32. The summed E-state index contributed by atoms with van der Waals surface area (Å²) >= 11 is 0. The quantitative estimate of drug-likeness (QED) is 0.828. The van der Waals surface area contributed by atoms with Crippen molar-refractivity contribution >= 4 is 5.91 Å². The number of amides is 1. The maximum atomic E-state index is 12.3. The van der Waals surface area contributed by atoms with Crippen molar-refractivity contribution in [1.29, 1.82) is 0 Å². The van der Waals surface area contributed by atoms with Gasteiger partial charge in [-0.3, -0.25) is 4.79 Å². The highest BCUT2D eigenvalue weighted by Gasteiger charge is 2.23. The Morgan fingerprint density at radius 1 is 1.26 bits per heavy atom. The van der Waals surface area contributed by atoms with Crippen molar-refractivity contribution in [2.24, 2.45) is 5.73 Å². The Kier molecular flexibility index (Phi) is 6.03. The van der Waals surface area contributed by atoms with E-state index in [0.29, 0.717) is 13.1 Å². The number of benzene rings is 1. The smallest absolute Gasteiger partial charge is 0.227 e. The van der Waals surface area contributed by atoms with Crippen molar-refractivity contribution in [1.82, 2.24) is 5.32 Å². The second kappa shape index (κ2) is 7.29. The Morgan fingerprint density at radius 2 is 1.84 bits per heavy atom. The molecule has 106 valence electrons. The molecule has 1 rings (SSSR count). The van der Waals surface area contributed by atoms with Gasteiger partial charge in [0.25, 0.3) is 0 Å². The lowest BCUT2D eigenvalue weighted by Crippen LogP contribution is -2.30. The van der Waals surface area contributed by atoms with Gasteiger partial charge in [-0.1, -0.05) is 17.7 Å². The second-order valence-electron chi connectivity index (χ2n) is 5.19. The van der Waals surface area contributed by atoms with Crippen LogP contribution in [0.25, 0.3) is 0 Å². The van der Waals surface area contributed by atoms with Gasteiger partial charge in [0.2, 0.25) is 5.91 Å². The summed E-state index contributed by atoms with van der Waals surface area (Å²) in [4.78, 5) is 12.3. The van der Waals surface area contributed by atoms with E-state index in [1.54, 1.807) is 0 Å². The number of rotatable bonds is 6. The maximum Gasteiger partial charge on any atom is 0.227 e. The van der Waals surface area contributed by atoms with Crippen LogP contribution in [0, 0.1) is 20.8 Å². The fourth-order valence-corrected chi connectivity index (χ4v) is 2.77. The minimum Gasteiger partial charge on any atom is -0.356 e. The molecule has 3 nitrogen and oxygen atoms in total. The number of hydrogen-bond acceptors (Lipinski definition) is 2. The molecule has 0 fully saturated rings. The molecule has 3 heteroatoms. The summed E-state index contributed by atoms with van der Waals surface area (Å²) in [5.74, 6) is 0.0371. The third-order valence-corrected chi connectivity index (χ3v) is 3.45. The first-order valence-corrected chi connectivity index (χ1v) is 7.06. The molecular weight excluding hydrogens is 236 g/mol. The summed E-state index contributed by atoms with van der Waals surface area (Å²) in [5, 5.41) is 2.94. The van der Waals surface area contributed by atoms with Gasteiger partial charge in [0, 0.05) is 6.54 Å². The molecule has 0 bridgehead atoms. The minimum atomic E-state index is -0.0795. The van der Waals surface area contributed by atoms with Crippen molar-refractivity contribution in [2.45, 2.75) is 46.5 Å². The molecule has 0 radical (unpaired) electrons. The molecule has 1 amide bonds. The highest BCUT2D eigenvalue weighted by molar-refractivity contribution is 5.84. The normalized spacial score (nSPS) is 12.3. The van der Waals surface area contributed by atoms with Crippen LogP contribution in [-0.2, 0) is 4.79 Å². The van der Waals surface area contributed by atoms with Gasteiger partial charge in [0.1, 0.15) is 0 Å². The molecular formula is C16H26N2O. The van der Waals surface area contributed by atoms with Crippen molar-refractivity contribution < 1.29 is 4.79 Å². The number of likely N-dealkylation sites (N-methyl/N-ethyl adjacent to an activating group) is 1. The molecule has 0 saturated heterocycles. The number of nitrogens with two attached hydrogens (primary N) is 1. The van der Waals surface area contributed by atoms with Gasteiger partial charge >= 0.3 is 0 Å². The molecule has 1 aromatic carbocycles. The van der Waals surface area contributed by atoms with Crippen LogP contribution in [0.2, 0.25) is 0 Å². The first-order chi connectivity index (χ1) is 9.01. The third kappa shape index (κ3) is 4.06. The fourth-order valence-electron chi connectivity index (χ4n) is 2.77. The van der Waals surface area contributed by atoms with E-state index in [-0.39, 0.29) is 11.8 Å². The largest absolute Gasteiger partial charge is 0.356 e. The number of carbonyl (C=O) groups is 1. The van der Waals surface area contributed by atoms with Crippen LogP contribution >= 0.6 is 0 Å². The summed E-state index contributed by atoms with van der Waals surface area (Å²) in [6, 6.07) is 4.30. The Balaban J connectivity index is 3.13. The summed E-state index contributed by atoms with van der Waals surface area (Å²) in [6.45, 7) is 9.51. The van der Waals surface area contributed by atoms with Crippen LogP contribution in [0.5, 0.6) is 0 Å². The Morgan fingerprint density at radius 3 is 2.32 bits per heavy atom. The monoisotopic (exact) mass is 262 g/mol. The lowest BCUT2D eigenvalue weighted by Gasteiger charge is -2.21. The maximum absolute atomic E-state index is 12.3. The van der Waals surface area contributed by atoms with E-state index in [2.05, 4.69) is 38.2 Å². The molecule has 1 atom stereocenters. The summed E-state index contributed by atoms with van der Waals surface area (Å²) in [6.07, 6.45) is 1.68. The van der Waals surface area contributed by atoms with Gasteiger partial charge in [0.15, 0.2) is 0 Å². The number of aryl methyl sites for hydroxylation is 3. The number of nitrogens with one attached hydrogen (secondary N) is 1. The lowest BCUT2D eigenvalue weighted by molar-refractivity contribution is -0.122. The van der Waals surface area contributed by atoms with Gasteiger partial charge in [-0.25, -0.2) is 0 Å². The van der Waals surface area contributed by atoms with Crippen LogP contribution in [-0.4, -0.2) is 19.0 Å². The van der Waals surface area contributed by atoms with E-state index in [4.69, 9.17) is 5.73 Å². The summed E-state index contributed by atoms with van der Waals surface area (Å²) in [5.41, 5.74) is 10.4. The number of carbonyl (C=O) groups excluding carboxylic acids is 1. The van der Waals surface area contributed by atoms with Crippen LogP contribution in [0.4, 0.5) is 0 Å². The van der Waals surface area contributed by atoms with Gasteiger partial charge in [-0.15, -0.1) is 0 Å². The first kappa shape index (κ1) is 15.7. The topological polar surface area (TPSA) is 55.1 Å². The molecule has 0 saturated carbocycles. The lowest BCUT2D eigenvalue weighted by atomic mass is 9.86. The van der Waals surface area contributed by atoms with Gasteiger partial charge < -0.3 is 11.1 Å². The summed E-state index contributed by atoms with van der Waals surface area (Å²) in [7, 11) is 0. The molecule has 3 N–H and O–H groups in total. The predicted molar refractivity (Wildman–Crippen MR) is 80.4 cm³/mol. The molecule has 0 spiro atoms. The van der Waals surface area contributed by atoms with Crippen LogP contribution in [0.15, 0.2) is 12.1 Å². The van der Waals surface area contributed by atoms with Crippen molar-refractivity contribution in [2.75, 3.05) is 13.1 Å². The Bertz CT molecular complexity index is 417. The summed E-state index contributed by atoms with van der Waals surface area (Å²) < 4.78 is 0. The second-order valence-corrected chi connectivity index (χ2v) is 5.19. The van der Waals surface area contributed by atoms with Crippen LogP contribution in [0.3, 0.4) is 0 Å². The van der Waals surface area contributed by atoms with E-state index in [1.165, 1.54) is 22.3 Å². The standard InChI is InChI=1S/C16H26N2O/c1-5-18-16(19)14(7-6-8-17)15-12(3)9-11(2)10-13(15)4/h9-10,14H,5-8,17H2,1-4H3,(H,18,19). The van der Waals surface area contributed by atoms with Gasteiger partial charge in [-0.05, 0) is 63.8 Å². The average molecular weight is 262 g/mol. The molecule has 1 unspecified atom stereocenters. The van der Waals surface area contributed by atoms with Crippen molar-refractivity contribution in [3.8, 4) is 0 Å². The molecule has 0 aliphatic heterocycles.